The van der Waals surface area contributed by atoms with Crippen LogP contribution in [0.3, 0.4) is 0 Å². The number of likely N-dealkylation sites (N-methyl/N-ethyl adjacent to an activating group) is 1. The highest BCUT2D eigenvalue weighted by Gasteiger charge is 2.26. The highest BCUT2D eigenvalue weighted by Crippen LogP contribution is 2.14. The van der Waals surface area contributed by atoms with Gasteiger partial charge < -0.3 is 5.32 Å². The molecule has 1 rings (SSSR count). The second-order valence-electron chi connectivity index (χ2n) is 3.06. The Bertz CT molecular complexity index is 207. The summed E-state index contributed by atoms with van der Waals surface area (Å²) in [6.45, 7) is 1.34. The SMILES string of the molecule is C#CCNC(=O)C1CCCN1C. The van der Waals surface area contributed by atoms with Crippen molar-refractivity contribution in [2.24, 2.45) is 0 Å². The van der Waals surface area contributed by atoms with E-state index in [1.54, 1.807) is 0 Å². The predicted octanol–water partition coefficient (Wildman–Crippen LogP) is -0.170. The first-order valence-electron chi connectivity index (χ1n) is 4.17. The molecule has 66 valence electrons. The van der Waals surface area contributed by atoms with Crippen LogP contribution in [0.1, 0.15) is 12.8 Å². The molecule has 1 aliphatic heterocycles. The first-order valence-corrected chi connectivity index (χ1v) is 4.17. The number of terminal acetylenes is 1. The zero-order valence-corrected chi connectivity index (χ0v) is 7.34. The first kappa shape index (κ1) is 9.08. The molecule has 1 saturated heterocycles. The lowest BCUT2D eigenvalue weighted by Gasteiger charge is -2.17. The summed E-state index contributed by atoms with van der Waals surface area (Å²) in [5.74, 6) is 2.45. The highest BCUT2D eigenvalue weighted by atomic mass is 16.2. The summed E-state index contributed by atoms with van der Waals surface area (Å²) >= 11 is 0. The van der Waals surface area contributed by atoms with Gasteiger partial charge in [-0.3, -0.25) is 9.69 Å². The maximum atomic E-state index is 11.4. The quantitative estimate of drug-likeness (QED) is 0.578. The third-order valence-corrected chi connectivity index (χ3v) is 2.19. The number of hydrogen-bond acceptors (Lipinski definition) is 2. The fraction of sp³-hybridized carbons (Fsp3) is 0.667. The monoisotopic (exact) mass is 166 g/mol. The van der Waals surface area contributed by atoms with Gasteiger partial charge in [-0.25, -0.2) is 0 Å². The van der Waals surface area contributed by atoms with Crippen molar-refractivity contribution in [3.8, 4) is 12.3 Å². The zero-order chi connectivity index (χ0) is 8.97. The average molecular weight is 166 g/mol. The molecule has 1 amide bonds. The standard InChI is InChI=1S/C9H14N2O/c1-3-6-10-9(12)8-5-4-7-11(8)2/h1,8H,4-7H2,2H3,(H,10,12). The molecule has 1 fully saturated rings. The number of nitrogens with zero attached hydrogens (tertiary/aromatic N) is 1. The van der Waals surface area contributed by atoms with Crippen LogP contribution in [0, 0.1) is 12.3 Å². The number of rotatable bonds is 2. The number of likely N-dealkylation sites (tertiary alicyclic amines) is 1. The van der Waals surface area contributed by atoms with Gasteiger partial charge in [-0.05, 0) is 26.4 Å². The van der Waals surface area contributed by atoms with Crippen LogP contribution >= 0.6 is 0 Å². The molecule has 1 unspecified atom stereocenters. The molecule has 0 aromatic carbocycles. The molecule has 12 heavy (non-hydrogen) atoms. The van der Waals surface area contributed by atoms with Crippen LogP contribution < -0.4 is 5.32 Å². The summed E-state index contributed by atoms with van der Waals surface area (Å²) in [4.78, 5) is 13.4. The van der Waals surface area contributed by atoms with E-state index in [-0.39, 0.29) is 11.9 Å². The number of carbonyl (C=O) groups excluding carboxylic acids is 1. The minimum atomic E-state index is 0.0401. The second kappa shape index (κ2) is 4.13. The Labute approximate surface area is 73.1 Å². The number of amides is 1. The van der Waals surface area contributed by atoms with Crippen molar-refractivity contribution in [2.45, 2.75) is 18.9 Å². The molecular formula is C9H14N2O. The summed E-state index contributed by atoms with van der Waals surface area (Å²) in [6, 6.07) is 0.0401. The van der Waals surface area contributed by atoms with Crippen LogP contribution in [-0.4, -0.2) is 37.0 Å². The third-order valence-electron chi connectivity index (χ3n) is 2.19. The lowest BCUT2D eigenvalue weighted by Crippen LogP contribution is -2.41. The first-order chi connectivity index (χ1) is 5.75. The normalized spacial score (nSPS) is 23.5. The van der Waals surface area contributed by atoms with E-state index in [9.17, 15) is 4.79 Å². The molecule has 3 nitrogen and oxygen atoms in total. The number of hydrogen-bond donors (Lipinski definition) is 1. The number of nitrogens with one attached hydrogen (secondary N) is 1. The maximum absolute atomic E-state index is 11.4. The molecule has 3 heteroatoms. The van der Waals surface area contributed by atoms with Crippen molar-refractivity contribution in [2.75, 3.05) is 20.1 Å². The average Bonchev–Trinajstić information content (AvgIpc) is 2.47. The Balaban J connectivity index is 2.37. The van der Waals surface area contributed by atoms with Crippen LogP contribution in [-0.2, 0) is 4.79 Å². The van der Waals surface area contributed by atoms with Crippen molar-refractivity contribution in [1.29, 1.82) is 0 Å². The van der Waals surface area contributed by atoms with E-state index in [0.717, 1.165) is 19.4 Å². The molecule has 0 aliphatic carbocycles. The van der Waals surface area contributed by atoms with E-state index in [1.165, 1.54) is 0 Å². The molecule has 1 heterocycles. The summed E-state index contributed by atoms with van der Waals surface area (Å²) in [7, 11) is 1.97. The highest BCUT2D eigenvalue weighted by molar-refractivity contribution is 5.82. The molecule has 1 aliphatic rings. The predicted molar refractivity (Wildman–Crippen MR) is 47.5 cm³/mol. The summed E-state index contributed by atoms with van der Waals surface area (Å²) < 4.78 is 0. The van der Waals surface area contributed by atoms with Gasteiger partial charge in [0.25, 0.3) is 0 Å². The largest absolute Gasteiger partial charge is 0.344 e. The van der Waals surface area contributed by atoms with E-state index in [2.05, 4.69) is 16.1 Å². The van der Waals surface area contributed by atoms with Crippen molar-refractivity contribution < 1.29 is 4.79 Å². The van der Waals surface area contributed by atoms with Crippen LogP contribution in [0.15, 0.2) is 0 Å². The van der Waals surface area contributed by atoms with Gasteiger partial charge in [-0.1, -0.05) is 5.92 Å². The Morgan fingerprint density at radius 1 is 1.83 bits per heavy atom. The van der Waals surface area contributed by atoms with Gasteiger partial charge in [0.2, 0.25) is 5.91 Å². The molecule has 0 bridgehead atoms. The van der Waals surface area contributed by atoms with Crippen molar-refractivity contribution >= 4 is 5.91 Å². The lowest BCUT2D eigenvalue weighted by molar-refractivity contribution is -0.124. The van der Waals surface area contributed by atoms with Crippen molar-refractivity contribution in [1.82, 2.24) is 10.2 Å². The Morgan fingerprint density at radius 2 is 2.58 bits per heavy atom. The zero-order valence-electron chi connectivity index (χ0n) is 7.34. The Kier molecular flexibility index (Phi) is 3.12. The van der Waals surface area contributed by atoms with E-state index in [4.69, 9.17) is 6.42 Å². The van der Waals surface area contributed by atoms with Crippen molar-refractivity contribution in [3.05, 3.63) is 0 Å². The van der Waals surface area contributed by atoms with E-state index in [0.29, 0.717) is 6.54 Å². The minimum absolute atomic E-state index is 0.0401. The topological polar surface area (TPSA) is 32.3 Å². The van der Waals surface area contributed by atoms with Gasteiger partial charge >= 0.3 is 0 Å². The van der Waals surface area contributed by atoms with Crippen LogP contribution in [0.5, 0.6) is 0 Å². The summed E-state index contributed by atoms with van der Waals surface area (Å²) in [5, 5.41) is 2.69. The van der Waals surface area contributed by atoms with Crippen LogP contribution in [0.25, 0.3) is 0 Å². The van der Waals surface area contributed by atoms with Gasteiger partial charge in [0.1, 0.15) is 0 Å². The van der Waals surface area contributed by atoms with E-state index >= 15 is 0 Å². The molecule has 0 saturated carbocycles. The molecule has 0 spiro atoms. The van der Waals surface area contributed by atoms with Gasteiger partial charge in [-0.15, -0.1) is 6.42 Å². The van der Waals surface area contributed by atoms with E-state index in [1.807, 2.05) is 7.05 Å². The van der Waals surface area contributed by atoms with Gasteiger partial charge in [0, 0.05) is 0 Å². The molecule has 0 radical (unpaired) electrons. The van der Waals surface area contributed by atoms with Gasteiger partial charge in [-0.2, -0.15) is 0 Å². The Morgan fingerprint density at radius 3 is 3.08 bits per heavy atom. The molecular weight excluding hydrogens is 152 g/mol. The molecule has 1 N–H and O–H groups in total. The minimum Gasteiger partial charge on any atom is -0.344 e. The van der Waals surface area contributed by atoms with E-state index < -0.39 is 0 Å². The fourth-order valence-electron chi connectivity index (χ4n) is 1.50. The second-order valence-corrected chi connectivity index (χ2v) is 3.06. The fourth-order valence-corrected chi connectivity index (χ4v) is 1.50. The van der Waals surface area contributed by atoms with Crippen LogP contribution in [0.2, 0.25) is 0 Å². The van der Waals surface area contributed by atoms with Crippen LogP contribution in [0.4, 0.5) is 0 Å². The Hall–Kier alpha value is -1.01. The third kappa shape index (κ3) is 1.99. The molecule has 1 atom stereocenters. The smallest absolute Gasteiger partial charge is 0.238 e. The van der Waals surface area contributed by atoms with Gasteiger partial charge in [0.15, 0.2) is 0 Å². The summed E-state index contributed by atoms with van der Waals surface area (Å²) in [6.07, 6.45) is 7.08. The maximum Gasteiger partial charge on any atom is 0.238 e. The lowest BCUT2D eigenvalue weighted by atomic mass is 10.2. The number of carbonyl (C=O) groups is 1. The molecule has 0 aromatic heterocycles. The molecule has 0 aromatic rings. The summed E-state index contributed by atoms with van der Waals surface area (Å²) in [5.41, 5.74) is 0. The van der Waals surface area contributed by atoms with Gasteiger partial charge in [0.05, 0.1) is 12.6 Å². The van der Waals surface area contributed by atoms with Crippen molar-refractivity contribution in [3.63, 3.8) is 0 Å².